The number of H-pyrrole nitrogens is 1. The van der Waals surface area contributed by atoms with Crippen molar-refractivity contribution in [3.8, 4) is 22.5 Å². The van der Waals surface area contributed by atoms with Gasteiger partial charge in [-0.1, -0.05) is 41.0 Å². The van der Waals surface area contributed by atoms with Crippen molar-refractivity contribution in [2.45, 2.75) is 6.61 Å². The van der Waals surface area contributed by atoms with E-state index in [2.05, 4.69) is 14.7 Å². The van der Waals surface area contributed by atoms with E-state index in [4.69, 9.17) is 16.3 Å². The molecule has 1 N–H and O–H groups in total. The quantitative estimate of drug-likeness (QED) is 0.800. The van der Waals surface area contributed by atoms with E-state index in [0.717, 1.165) is 22.3 Å². The van der Waals surface area contributed by atoms with Gasteiger partial charge in [-0.25, -0.2) is 4.79 Å². The Balaban J connectivity index is 2.07. The van der Waals surface area contributed by atoms with E-state index in [-0.39, 0.29) is 0 Å². The highest BCUT2D eigenvalue weighted by molar-refractivity contribution is 6.30. The zero-order chi connectivity index (χ0) is 15.5. The Bertz CT molecular complexity index is 837. The summed E-state index contributed by atoms with van der Waals surface area (Å²) in [5.41, 5.74) is 3.81. The molecule has 3 rings (SSSR count). The lowest BCUT2D eigenvalue weighted by atomic mass is 9.97. The van der Waals surface area contributed by atoms with Gasteiger partial charge in [0.2, 0.25) is 0 Å². The average Bonchev–Trinajstić information content (AvgIpc) is 2.95. The molecule has 0 amide bonds. The second kappa shape index (κ2) is 6.17. The fourth-order valence-corrected chi connectivity index (χ4v) is 2.41. The number of rotatable bonds is 4. The Morgan fingerprint density at radius 1 is 1.18 bits per heavy atom. The van der Waals surface area contributed by atoms with Gasteiger partial charge in [0, 0.05) is 17.7 Å². The monoisotopic (exact) mass is 316 g/mol. The summed E-state index contributed by atoms with van der Waals surface area (Å²) >= 11 is 5.93. The molecule has 6 heteroatoms. The number of methoxy groups -OCH3 is 1. The minimum absolute atomic E-state index is 0.394. The van der Waals surface area contributed by atoms with Crippen LogP contribution in [-0.4, -0.2) is 17.3 Å². The first-order valence-corrected chi connectivity index (χ1v) is 6.99. The van der Waals surface area contributed by atoms with Crippen molar-refractivity contribution in [3.05, 3.63) is 63.6 Å². The van der Waals surface area contributed by atoms with Gasteiger partial charge >= 0.3 is 5.76 Å². The summed E-state index contributed by atoms with van der Waals surface area (Å²) < 4.78 is 9.81. The normalized spacial score (nSPS) is 10.8. The lowest BCUT2D eigenvalue weighted by Gasteiger charge is -2.11. The third kappa shape index (κ3) is 2.95. The summed E-state index contributed by atoms with van der Waals surface area (Å²) in [5.74, 6) is -0.185. The summed E-state index contributed by atoms with van der Waals surface area (Å²) in [4.78, 5) is 13.6. The Morgan fingerprint density at radius 3 is 2.55 bits per heavy atom. The van der Waals surface area contributed by atoms with E-state index in [1.54, 1.807) is 7.11 Å². The first-order chi connectivity index (χ1) is 10.7. The number of nitrogens with zero attached hydrogens (tertiary/aromatic N) is 1. The first-order valence-electron chi connectivity index (χ1n) is 6.61. The molecule has 1 heterocycles. The average molecular weight is 317 g/mol. The third-order valence-corrected chi connectivity index (χ3v) is 3.53. The third-order valence-electron chi connectivity index (χ3n) is 3.27. The van der Waals surface area contributed by atoms with Gasteiger partial charge in [0.05, 0.1) is 6.61 Å². The molecule has 0 spiro atoms. The minimum atomic E-state index is -0.579. The van der Waals surface area contributed by atoms with Gasteiger partial charge in [0.15, 0.2) is 5.82 Å². The fourth-order valence-electron chi connectivity index (χ4n) is 2.28. The molecule has 22 heavy (non-hydrogen) atoms. The van der Waals surface area contributed by atoms with Gasteiger partial charge in [0.25, 0.3) is 0 Å². The number of aromatic nitrogens is 2. The van der Waals surface area contributed by atoms with E-state index in [0.29, 0.717) is 17.5 Å². The van der Waals surface area contributed by atoms with Gasteiger partial charge < -0.3 is 4.74 Å². The SMILES string of the molecule is COCc1cc(-c2noc(=O)[nH]2)ccc1-c1ccc(Cl)cc1. The summed E-state index contributed by atoms with van der Waals surface area (Å²) in [6.07, 6.45) is 0. The number of aromatic amines is 1. The molecular formula is C16H13ClN2O3. The van der Waals surface area contributed by atoms with Gasteiger partial charge in [-0.15, -0.1) is 0 Å². The topological polar surface area (TPSA) is 68.1 Å². The van der Waals surface area contributed by atoms with Gasteiger partial charge in [-0.2, -0.15) is 0 Å². The highest BCUT2D eigenvalue weighted by atomic mass is 35.5. The number of hydrogen-bond acceptors (Lipinski definition) is 4. The van der Waals surface area contributed by atoms with Crippen LogP contribution >= 0.6 is 11.6 Å². The van der Waals surface area contributed by atoms with Gasteiger partial charge in [0.1, 0.15) is 0 Å². The maximum absolute atomic E-state index is 11.1. The Morgan fingerprint density at radius 2 is 1.91 bits per heavy atom. The van der Waals surface area contributed by atoms with Crippen LogP contribution in [0.1, 0.15) is 5.56 Å². The van der Waals surface area contributed by atoms with E-state index in [9.17, 15) is 4.79 Å². The fraction of sp³-hybridized carbons (Fsp3) is 0.125. The summed E-state index contributed by atoms with van der Waals surface area (Å²) in [6.45, 7) is 0.438. The van der Waals surface area contributed by atoms with Crippen molar-refractivity contribution < 1.29 is 9.26 Å². The molecule has 1 aromatic heterocycles. The van der Waals surface area contributed by atoms with Crippen LogP contribution in [0.2, 0.25) is 5.02 Å². The molecule has 3 aromatic rings. The van der Waals surface area contributed by atoms with Crippen LogP contribution < -0.4 is 5.76 Å². The maximum Gasteiger partial charge on any atom is 0.439 e. The summed E-state index contributed by atoms with van der Waals surface area (Å²) in [5, 5.41) is 4.39. The highest BCUT2D eigenvalue weighted by Crippen LogP contribution is 2.29. The van der Waals surface area contributed by atoms with E-state index >= 15 is 0 Å². The number of benzene rings is 2. The van der Waals surface area contributed by atoms with Crippen LogP contribution in [0.25, 0.3) is 22.5 Å². The first kappa shape index (κ1) is 14.6. The van der Waals surface area contributed by atoms with Crippen molar-refractivity contribution in [2.75, 3.05) is 7.11 Å². The second-order valence-electron chi connectivity index (χ2n) is 4.76. The zero-order valence-electron chi connectivity index (χ0n) is 11.8. The van der Waals surface area contributed by atoms with Crippen LogP contribution in [0.15, 0.2) is 51.8 Å². The Hall–Kier alpha value is -2.37. The van der Waals surface area contributed by atoms with Crippen molar-refractivity contribution in [1.29, 1.82) is 0 Å². The molecule has 0 aliphatic carbocycles. The Kier molecular flexibility index (Phi) is 4.09. The molecule has 0 unspecified atom stereocenters. The molecule has 5 nitrogen and oxygen atoms in total. The van der Waals surface area contributed by atoms with Gasteiger partial charge in [-0.05, 0) is 34.9 Å². The molecule has 0 saturated heterocycles. The molecule has 0 atom stereocenters. The molecule has 112 valence electrons. The van der Waals surface area contributed by atoms with Gasteiger partial charge in [-0.3, -0.25) is 9.51 Å². The molecule has 0 aliphatic heterocycles. The predicted octanol–water partition coefficient (Wildman–Crippen LogP) is 3.50. The molecule has 0 bridgehead atoms. The lowest BCUT2D eigenvalue weighted by molar-refractivity contribution is 0.185. The minimum Gasteiger partial charge on any atom is -0.380 e. The highest BCUT2D eigenvalue weighted by Gasteiger charge is 2.10. The smallest absolute Gasteiger partial charge is 0.380 e. The van der Waals surface area contributed by atoms with Crippen molar-refractivity contribution in [2.24, 2.45) is 0 Å². The Labute approximate surface area is 131 Å². The molecular weight excluding hydrogens is 304 g/mol. The van der Waals surface area contributed by atoms with E-state index < -0.39 is 5.76 Å². The predicted molar refractivity (Wildman–Crippen MR) is 83.7 cm³/mol. The second-order valence-corrected chi connectivity index (χ2v) is 5.19. The molecule has 2 aromatic carbocycles. The number of nitrogens with one attached hydrogen (secondary N) is 1. The largest absolute Gasteiger partial charge is 0.439 e. The molecule has 0 saturated carbocycles. The number of hydrogen-bond donors (Lipinski definition) is 1. The molecule has 0 fully saturated rings. The van der Waals surface area contributed by atoms with Crippen molar-refractivity contribution >= 4 is 11.6 Å². The zero-order valence-corrected chi connectivity index (χ0v) is 12.6. The standard InChI is InChI=1S/C16H13ClN2O3/c1-21-9-12-8-11(15-18-16(20)22-19-15)4-7-14(12)10-2-5-13(17)6-3-10/h2-8H,9H2,1H3,(H,18,19,20). The molecule has 0 aliphatic rings. The van der Waals surface area contributed by atoms with Crippen LogP contribution in [0.3, 0.4) is 0 Å². The number of halogens is 1. The van der Waals surface area contributed by atoms with Crippen LogP contribution in [0.5, 0.6) is 0 Å². The summed E-state index contributed by atoms with van der Waals surface area (Å²) in [6, 6.07) is 13.3. The summed E-state index contributed by atoms with van der Waals surface area (Å²) in [7, 11) is 1.64. The van der Waals surface area contributed by atoms with E-state index in [1.807, 2.05) is 42.5 Å². The van der Waals surface area contributed by atoms with Crippen LogP contribution in [0, 0.1) is 0 Å². The van der Waals surface area contributed by atoms with E-state index in [1.165, 1.54) is 0 Å². The number of ether oxygens (including phenoxy) is 1. The van der Waals surface area contributed by atoms with Crippen LogP contribution in [0.4, 0.5) is 0 Å². The van der Waals surface area contributed by atoms with Crippen molar-refractivity contribution in [1.82, 2.24) is 10.1 Å². The lowest BCUT2D eigenvalue weighted by Crippen LogP contribution is -1.96. The molecule has 0 radical (unpaired) electrons. The van der Waals surface area contributed by atoms with Crippen LogP contribution in [-0.2, 0) is 11.3 Å². The maximum atomic E-state index is 11.1. The van der Waals surface area contributed by atoms with Crippen molar-refractivity contribution in [3.63, 3.8) is 0 Å².